The first-order valence-corrected chi connectivity index (χ1v) is 7.94. The fraction of sp³-hybridized carbons (Fsp3) is 0.750. The van der Waals surface area contributed by atoms with Crippen molar-refractivity contribution in [2.45, 2.75) is 38.6 Å². The maximum Gasteiger partial charge on any atom is 0.244 e. The van der Waals surface area contributed by atoms with Crippen LogP contribution in [-0.2, 0) is 16.6 Å². The van der Waals surface area contributed by atoms with Crippen molar-refractivity contribution in [2.24, 2.45) is 11.3 Å². The number of nitrogens with one attached hydrogen (secondary N) is 3. The normalized spacial score (nSPS) is 21.6. The Morgan fingerprint density at radius 1 is 1.47 bits per heavy atom. The molecule has 19 heavy (non-hydrogen) atoms. The summed E-state index contributed by atoms with van der Waals surface area (Å²) in [5.74, 6) is 0.433. The molecule has 1 fully saturated rings. The number of nitrogens with zero attached hydrogens (tertiary/aromatic N) is 1. The van der Waals surface area contributed by atoms with Crippen LogP contribution in [0.15, 0.2) is 4.90 Å². The highest BCUT2D eigenvalue weighted by atomic mass is 32.2. The summed E-state index contributed by atoms with van der Waals surface area (Å²) in [7, 11) is -1.73. The third-order valence-electron chi connectivity index (χ3n) is 3.81. The number of sulfonamides is 1. The van der Waals surface area contributed by atoms with Crippen molar-refractivity contribution in [2.75, 3.05) is 13.6 Å². The molecular formula is C12H22N4O2S. The molecule has 1 aromatic rings. The molecule has 1 atom stereocenters. The minimum absolute atomic E-state index is 0.266. The van der Waals surface area contributed by atoms with E-state index in [-0.39, 0.29) is 10.3 Å². The molecule has 0 radical (unpaired) electrons. The van der Waals surface area contributed by atoms with Crippen LogP contribution in [0.25, 0.3) is 0 Å². The molecule has 1 unspecified atom stereocenters. The van der Waals surface area contributed by atoms with Gasteiger partial charge in [0.05, 0.1) is 11.4 Å². The van der Waals surface area contributed by atoms with E-state index in [1.807, 2.05) is 0 Å². The molecule has 1 heterocycles. The van der Waals surface area contributed by atoms with Gasteiger partial charge in [-0.2, -0.15) is 5.10 Å². The molecule has 2 rings (SSSR count). The smallest absolute Gasteiger partial charge is 0.244 e. The summed E-state index contributed by atoms with van der Waals surface area (Å²) in [5, 5.41) is 9.70. The van der Waals surface area contributed by atoms with E-state index in [1.165, 1.54) is 0 Å². The Bertz CT molecular complexity index is 562. The summed E-state index contributed by atoms with van der Waals surface area (Å²) in [5.41, 5.74) is 1.37. The van der Waals surface area contributed by atoms with E-state index in [4.69, 9.17) is 0 Å². The number of aromatic amines is 1. The Labute approximate surface area is 114 Å². The average molecular weight is 286 g/mol. The van der Waals surface area contributed by atoms with Gasteiger partial charge in [0.25, 0.3) is 0 Å². The molecule has 0 spiro atoms. The third-order valence-corrected chi connectivity index (χ3v) is 5.44. The zero-order valence-electron chi connectivity index (χ0n) is 11.9. The molecular weight excluding hydrogens is 264 g/mol. The first-order valence-electron chi connectivity index (χ1n) is 6.46. The van der Waals surface area contributed by atoms with Gasteiger partial charge in [-0.25, -0.2) is 13.1 Å². The third kappa shape index (κ3) is 2.98. The van der Waals surface area contributed by atoms with E-state index in [2.05, 4.69) is 34.1 Å². The maximum absolute atomic E-state index is 12.4. The Hall–Kier alpha value is -0.920. The molecule has 0 aromatic carbocycles. The zero-order chi connectivity index (χ0) is 14.3. The van der Waals surface area contributed by atoms with Crippen LogP contribution in [0.3, 0.4) is 0 Å². The largest absolute Gasteiger partial charge is 0.314 e. The highest BCUT2D eigenvalue weighted by Crippen LogP contribution is 2.51. The minimum Gasteiger partial charge on any atom is -0.314 e. The summed E-state index contributed by atoms with van der Waals surface area (Å²) in [4.78, 5) is 0.278. The molecule has 0 bridgehead atoms. The van der Waals surface area contributed by atoms with Crippen molar-refractivity contribution in [3.63, 3.8) is 0 Å². The number of H-pyrrole nitrogens is 1. The number of hydrogen-bond acceptors (Lipinski definition) is 4. The number of hydrogen-bond donors (Lipinski definition) is 3. The summed E-state index contributed by atoms with van der Waals surface area (Å²) in [6.45, 7) is 6.96. The first kappa shape index (κ1) is 14.5. The molecule has 1 aliphatic rings. The van der Waals surface area contributed by atoms with Crippen molar-refractivity contribution in [3.05, 3.63) is 11.4 Å². The number of aromatic nitrogens is 2. The van der Waals surface area contributed by atoms with Gasteiger partial charge in [0, 0.05) is 13.1 Å². The molecule has 3 N–H and O–H groups in total. The zero-order valence-corrected chi connectivity index (χ0v) is 12.7. The number of rotatable bonds is 6. The average Bonchev–Trinajstić information content (AvgIpc) is 2.73. The molecule has 0 saturated heterocycles. The predicted molar refractivity (Wildman–Crippen MR) is 73.2 cm³/mol. The van der Waals surface area contributed by atoms with Gasteiger partial charge in [-0.05, 0) is 31.7 Å². The van der Waals surface area contributed by atoms with Gasteiger partial charge in [-0.1, -0.05) is 13.8 Å². The van der Waals surface area contributed by atoms with E-state index in [1.54, 1.807) is 14.0 Å². The molecule has 0 amide bonds. The van der Waals surface area contributed by atoms with Crippen molar-refractivity contribution in [1.82, 2.24) is 20.2 Å². The molecule has 108 valence electrons. The van der Waals surface area contributed by atoms with Gasteiger partial charge >= 0.3 is 0 Å². The Morgan fingerprint density at radius 2 is 2.11 bits per heavy atom. The van der Waals surface area contributed by atoms with E-state index >= 15 is 0 Å². The highest BCUT2D eigenvalue weighted by molar-refractivity contribution is 7.89. The fourth-order valence-electron chi connectivity index (χ4n) is 2.32. The lowest BCUT2D eigenvalue weighted by atomic mass is 10.1. The summed E-state index contributed by atoms with van der Waals surface area (Å²) >= 11 is 0. The maximum atomic E-state index is 12.4. The standard InChI is InChI=1S/C12H22N4O2S/c1-8-11(10(7-13-4)16-15-8)19(17,18)14-6-9-5-12(9,2)3/h9,13-14H,5-7H2,1-4H3,(H,15,16). The van der Waals surface area contributed by atoms with Crippen LogP contribution in [0.4, 0.5) is 0 Å². The molecule has 1 aliphatic carbocycles. The molecule has 1 saturated carbocycles. The van der Waals surface area contributed by atoms with Gasteiger partial charge in [-0.3, -0.25) is 5.10 Å². The van der Waals surface area contributed by atoms with Crippen molar-refractivity contribution in [3.8, 4) is 0 Å². The van der Waals surface area contributed by atoms with Crippen LogP contribution in [0, 0.1) is 18.3 Å². The molecule has 0 aliphatic heterocycles. The molecule has 6 nitrogen and oxygen atoms in total. The van der Waals surface area contributed by atoms with Crippen LogP contribution in [0.2, 0.25) is 0 Å². The lowest BCUT2D eigenvalue weighted by molar-refractivity contribution is 0.536. The first-order chi connectivity index (χ1) is 8.78. The minimum atomic E-state index is -3.49. The number of aryl methyl sites for hydroxylation is 1. The lowest BCUT2D eigenvalue weighted by Crippen LogP contribution is -2.28. The summed E-state index contributed by atoms with van der Waals surface area (Å²) < 4.78 is 27.4. The van der Waals surface area contributed by atoms with Crippen LogP contribution in [0.5, 0.6) is 0 Å². The van der Waals surface area contributed by atoms with Gasteiger partial charge in [0.2, 0.25) is 10.0 Å². The van der Waals surface area contributed by atoms with Gasteiger partial charge < -0.3 is 5.32 Å². The van der Waals surface area contributed by atoms with E-state index < -0.39 is 10.0 Å². The topological polar surface area (TPSA) is 86.9 Å². The van der Waals surface area contributed by atoms with Crippen LogP contribution < -0.4 is 10.0 Å². The highest BCUT2D eigenvalue weighted by Gasteiger charge is 2.45. The predicted octanol–water partition coefficient (Wildman–Crippen LogP) is 0.762. The van der Waals surface area contributed by atoms with Crippen molar-refractivity contribution in [1.29, 1.82) is 0 Å². The van der Waals surface area contributed by atoms with E-state index in [0.717, 1.165) is 6.42 Å². The van der Waals surface area contributed by atoms with Gasteiger partial charge in [-0.15, -0.1) is 0 Å². The fourth-order valence-corrected chi connectivity index (χ4v) is 3.76. The van der Waals surface area contributed by atoms with Crippen LogP contribution >= 0.6 is 0 Å². The van der Waals surface area contributed by atoms with Crippen LogP contribution in [0.1, 0.15) is 31.7 Å². The van der Waals surface area contributed by atoms with E-state index in [9.17, 15) is 8.42 Å². The quantitative estimate of drug-likeness (QED) is 0.720. The Balaban J connectivity index is 2.13. The van der Waals surface area contributed by atoms with E-state index in [0.29, 0.717) is 30.4 Å². The Kier molecular flexibility index (Phi) is 3.72. The Morgan fingerprint density at radius 3 is 2.63 bits per heavy atom. The summed E-state index contributed by atoms with van der Waals surface area (Å²) in [6.07, 6.45) is 1.07. The lowest BCUT2D eigenvalue weighted by Gasteiger charge is -2.09. The monoisotopic (exact) mass is 286 g/mol. The SMILES string of the molecule is CNCc1n[nH]c(C)c1S(=O)(=O)NCC1CC1(C)C. The van der Waals surface area contributed by atoms with Crippen LogP contribution in [-0.4, -0.2) is 32.2 Å². The van der Waals surface area contributed by atoms with Gasteiger partial charge in [0.15, 0.2) is 0 Å². The second-order valence-electron chi connectivity index (χ2n) is 5.90. The van der Waals surface area contributed by atoms with Crippen molar-refractivity contribution < 1.29 is 8.42 Å². The molecule has 1 aromatic heterocycles. The van der Waals surface area contributed by atoms with Crippen molar-refractivity contribution >= 4 is 10.0 Å². The molecule has 7 heteroatoms. The summed E-state index contributed by atoms with van der Waals surface area (Å²) in [6, 6.07) is 0. The second kappa shape index (κ2) is 4.88. The second-order valence-corrected chi connectivity index (χ2v) is 7.60. The van der Waals surface area contributed by atoms with Gasteiger partial charge in [0.1, 0.15) is 4.90 Å².